The molecule has 0 unspecified atom stereocenters. The van der Waals surface area contributed by atoms with Crippen molar-refractivity contribution in [1.29, 1.82) is 0 Å². The first kappa shape index (κ1) is 17.9. The molecule has 1 saturated heterocycles. The molecule has 4 heterocycles. The molecule has 0 radical (unpaired) electrons. The fourth-order valence-corrected chi connectivity index (χ4v) is 4.30. The number of amides is 1. The lowest BCUT2D eigenvalue weighted by Gasteiger charge is -2.15. The molecular weight excluding hydrogens is 366 g/mol. The summed E-state index contributed by atoms with van der Waals surface area (Å²) < 4.78 is 7.76. The first-order chi connectivity index (χ1) is 14.2. The van der Waals surface area contributed by atoms with Crippen LogP contribution < -0.4 is 5.73 Å². The molecule has 0 spiro atoms. The molecule has 1 aliphatic heterocycles. The van der Waals surface area contributed by atoms with Crippen molar-refractivity contribution in [3.63, 3.8) is 0 Å². The number of fused-ring (bicyclic) bond motifs is 2. The highest BCUT2D eigenvalue weighted by atomic mass is 16.3. The van der Waals surface area contributed by atoms with Gasteiger partial charge in [-0.15, -0.1) is 0 Å². The lowest BCUT2D eigenvalue weighted by Crippen LogP contribution is -2.28. The van der Waals surface area contributed by atoms with Crippen molar-refractivity contribution in [3.05, 3.63) is 59.6 Å². The summed E-state index contributed by atoms with van der Waals surface area (Å²) in [6, 6.07) is 11.7. The van der Waals surface area contributed by atoms with Crippen LogP contribution in [0.1, 0.15) is 34.2 Å². The van der Waals surface area contributed by atoms with Crippen molar-refractivity contribution in [3.8, 4) is 0 Å². The Morgan fingerprint density at radius 3 is 2.90 bits per heavy atom. The highest BCUT2D eigenvalue weighted by Gasteiger charge is 2.33. The Morgan fingerprint density at radius 2 is 2.07 bits per heavy atom. The van der Waals surface area contributed by atoms with E-state index in [4.69, 9.17) is 15.2 Å². The molecule has 4 aromatic rings. The molecule has 148 valence electrons. The second-order valence-corrected chi connectivity index (χ2v) is 7.56. The number of aromatic nitrogens is 3. The molecule has 0 saturated carbocycles. The van der Waals surface area contributed by atoms with Crippen LogP contribution in [-0.2, 0) is 6.54 Å². The first-order valence-electron chi connectivity index (χ1n) is 9.96. The summed E-state index contributed by atoms with van der Waals surface area (Å²) >= 11 is 0. The number of aryl methyl sites for hydroxylation is 1. The standard InChI is InChI=1S/C22H23N5O2/c1-14-16-5-2-3-7-18(16)29-20(14)22(28)26-11-8-15(13-26)19-17-6-4-10-24-21(17)27(25-19)12-9-23/h2-7,10,15H,8-9,11-13,23H2,1H3/t15-/m1/s1. The average molecular weight is 389 g/mol. The SMILES string of the molecule is Cc1c(C(=O)N2CC[C@@H](c3nn(CCN)c4ncccc34)C2)oc2ccccc12. The van der Waals surface area contributed by atoms with Gasteiger partial charge >= 0.3 is 0 Å². The van der Waals surface area contributed by atoms with Crippen molar-refractivity contribution < 1.29 is 9.21 Å². The van der Waals surface area contributed by atoms with E-state index in [1.165, 1.54) is 0 Å². The van der Waals surface area contributed by atoms with Crippen LogP contribution in [-0.4, -0.2) is 45.2 Å². The number of nitrogens with two attached hydrogens (primary N) is 1. The Hall–Kier alpha value is -3.19. The molecule has 1 amide bonds. The number of benzene rings is 1. The fraction of sp³-hybridized carbons (Fsp3) is 0.318. The van der Waals surface area contributed by atoms with Gasteiger partial charge in [-0.3, -0.25) is 4.79 Å². The molecule has 3 aromatic heterocycles. The van der Waals surface area contributed by atoms with Crippen LogP contribution in [0.15, 0.2) is 47.0 Å². The van der Waals surface area contributed by atoms with E-state index >= 15 is 0 Å². The van der Waals surface area contributed by atoms with Gasteiger partial charge in [-0.1, -0.05) is 18.2 Å². The lowest BCUT2D eigenvalue weighted by molar-refractivity contribution is 0.0760. The van der Waals surface area contributed by atoms with Gasteiger partial charge in [0.1, 0.15) is 5.58 Å². The van der Waals surface area contributed by atoms with Gasteiger partial charge in [0.15, 0.2) is 11.4 Å². The minimum atomic E-state index is -0.0509. The summed E-state index contributed by atoms with van der Waals surface area (Å²) in [5.74, 6) is 0.561. The summed E-state index contributed by atoms with van der Waals surface area (Å²) in [4.78, 5) is 19.5. The number of para-hydroxylation sites is 1. The van der Waals surface area contributed by atoms with Gasteiger partial charge in [-0.2, -0.15) is 5.10 Å². The predicted molar refractivity (Wildman–Crippen MR) is 111 cm³/mol. The van der Waals surface area contributed by atoms with E-state index in [9.17, 15) is 4.79 Å². The number of rotatable bonds is 4. The van der Waals surface area contributed by atoms with Gasteiger partial charge in [-0.05, 0) is 31.5 Å². The number of pyridine rings is 1. The zero-order chi connectivity index (χ0) is 20.0. The van der Waals surface area contributed by atoms with Crippen LogP contribution in [0.4, 0.5) is 0 Å². The molecule has 1 aliphatic rings. The predicted octanol–water partition coefficient (Wildman–Crippen LogP) is 3.07. The molecule has 1 fully saturated rings. The smallest absolute Gasteiger partial charge is 0.289 e. The Labute approximate surface area is 168 Å². The van der Waals surface area contributed by atoms with Crippen molar-refractivity contribution in [2.24, 2.45) is 5.73 Å². The van der Waals surface area contributed by atoms with E-state index in [2.05, 4.69) is 4.98 Å². The van der Waals surface area contributed by atoms with Crippen LogP contribution in [0.2, 0.25) is 0 Å². The molecule has 7 heteroatoms. The minimum Gasteiger partial charge on any atom is -0.451 e. The van der Waals surface area contributed by atoms with Gasteiger partial charge in [0.2, 0.25) is 0 Å². The minimum absolute atomic E-state index is 0.0509. The van der Waals surface area contributed by atoms with E-state index in [0.717, 1.165) is 39.7 Å². The molecule has 2 N–H and O–H groups in total. The number of carbonyl (C=O) groups is 1. The molecule has 0 aliphatic carbocycles. The van der Waals surface area contributed by atoms with E-state index in [1.54, 1.807) is 6.20 Å². The maximum absolute atomic E-state index is 13.2. The van der Waals surface area contributed by atoms with Crippen molar-refractivity contribution >= 4 is 27.9 Å². The largest absolute Gasteiger partial charge is 0.451 e. The van der Waals surface area contributed by atoms with Gasteiger partial charge < -0.3 is 15.1 Å². The lowest BCUT2D eigenvalue weighted by atomic mass is 10.0. The maximum Gasteiger partial charge on any atom is 0.289 e. The molecule has 5 rings (SSSR count). The second kappa shape index (κ2) is 7.00. The number of hydrogen-bond donors (Lipinski definition) is 1. The highest BCUT2D eigenvalue weighted by molar-refractivity contribution is 5.99. The van der Waals surface area contributed by atoms with E-state index in [1.807, 2.05) is 52.9 Å². The van der Waals surface area contributed by atoms with Crippen LogP contribution in [0.25, 0.3) is 22.0 Å². The average Bonchev–Trinajstić information content (AvgIpc) is 3.45. The number of furan rings is 1. The van der Waals surface area contributed by atoms with Gasteiger partial charge in [-0.25, -0.2) is 9.67 Å². The van der Waals surface area contributed by atoms with Gasteiger partial charge in [0.25, 0.3) is 5.91 Å². The van der Waals surface area contributed by atoms with Crippen LogP contribution in [0.5, 0.6) is 0 Å². The third kappa shape index (κ3) is 2.89. The second-order valence-electron chi connectivity index (χ2n) is 7.56. The van der Waals surface area contributed by atoms with E-state index in [-0.39, 0.29) is 11.8 Å². The molecule has 1 aromatic carbocycles. The van der Waals surface area contributed by atoms with Crippen molar-refractivity contribution in [1.82, 2.24) is 19.7 Å². The number of likely N-dealkylation sites (tertiary alicyclic amines) is 1. The fourth-order valence-electron chi connectivity index (χ4n) is 4.30. The number of carbonyl (C=O) groups excluding carboxylic acids is 1. The molecule has 7 nitrogen and oxygen atoms in total. The van der Waals surface area contributed by atoms with Gasteiger partial charge in [0, 0.05) is 48.1 Å². The Morgan fingerprint density at radius 1 is 1.24 bits per heavy atom. The summed E-state index contributed by atoms with van der Waals surface area (Å²) in [7, 11) is 0. The van der Waals surface area contributed by atoms with Gasteiger partial charge in [0.05, 0.1) is 12.2 Å². The van der Waals surface area contributed by atoms with Crippen molar-refractivity contribution in [2.75, 3.05) is 19.6 Å². The Bertz CT molecular complexity index is 1210. The number of nitrogens with zero attached hydrogens (tertiary/aromatic N) is 4. The van der Waals surface area contributed by atoms with Crippen LogP contribution in [0.3, 0.4) is 0 Å². The van der Waals surface area contributed by atoms with E-state index in [0.29, 0.717) is 31.9 Å². The first-order valence-corrected chi connectivity index (χ1v) is 9.96. The zero-order valence-corrected chi connectivity index (χ0v) is 16.3. The summed E-state index contributed by atoms with van der Waals surface area (Å²) in [6.07, 6.45) is 2.64. The van der Waals surface area contributed by atoms with Crippen LogP contribution in [0, 0.1) is 6.92 Å². The molecule has 0 bridgehead atoms. The molecule has 29 heavy (non-hydrogen) atoms. The Kier molecular flexibility index (Phi) is 4.32. The summed E-state index contributed by atoms with van der Waals surface area (Å²) in [6.45, 7) is 4.39. The molecule has 1 atom stereocenters. The third-order valence-corrected chi connectivity index (χ3v) is 5.78. The number of hydrogen-bond acceptors (Lipinski definition) is 5. The van der Waals surface area contributed by atoms with Crippen LogP contribution >= 0.6 is 0 Å². The summed E-state index contributed by atoms with van der Waals surface area (Å²) in [5.41, 5.74) is 9.24. The Balaban J connectivity index is 1.43. The topological polar surface area (TPSA) is 90.2 Å². The monoisotopic (exact) mass is 389 g/mol. The zero-order valence-electron chi connectivity index (χ0n) is 16.3. The normalized spacial score (nSPS) is 16.9. The molecular formula is C22H23N5O2. The maximum atomic E-state index is 13.2. The quantitative estimate of drug-likeness (QED) is 0.579. The van der Waals surface area contributed by atoms with E-state index < -0.39 is 0 Å². The van der Waals surface area contributed by atoms with Crippen molar-refractivity contribution in [2.45, 2.75) is 25.8 Å². The summed E-state index contributed by atoms with van der Waals surface area (Å²) in [5, 5.41) is 6.82. The highest BCUT2D eigenvalue weighted by Crippen LogP contribution is 2.33. The third-order valence-electron chi connectivity index (χ3n) is 5.78.